The van der Waals surface area contributed by atoms with Crippen molar-refractivity contribution in [3.05, 3.63) is 51.1 Å². The standard InChI is InChI=1S/C24H27Cl2N5O2S/c1-24(2,3)30(4)8-5-6-19(33)31-9-7-15-18(12-31)34-23-20(15)22(27-13-28-23)29-14-10-16(25)21(26)17(32)11-14/h5-6,10-11,13,32H,7-9,12H2,1-4H3,(H,27,28,29)/b6-5+. The molecule has 4 rings (SSSR count). The number of hydrogen-bond donors (Lipinski definition) is 2. The first-order chi connectivity index (χ1) is 16.0. The summed E-state index contributed by atoms with van der Waals surface area (Å²) in [5.74, 6) is 0.538. The van der Waals surface area contributed by atoms with Crippen molar-refractivity contribution in [1.29, 1.82) is 0 Å². The van der Waals surface area contributed by atoms with Crippen LogP contribution in [-0.4, -0.2) is 56.5 Å². The van der Waals surface area contributed by atoms with Crippen molar-refractivity contribution in [3.63, 3.8) is 0 Å². The van der Waals surface area contributed by atoms with Crippen LogP contribution in [0.1, 0.15) is 31.2 Å². The van der Waals surface area contributed by atoms with Gasteiger partial charge in [0.2, 0.25) is 5.91 Å². The van der Waals surface area contributed by atoms with Gasteiger partial charge in [0, 0.05) is 41.3 Å². The zero-order valence-electron chi connectivity index (χ0n) is 19.5. The molecule has 0 fully saturated rings. The van der Waals surface area contributed by atoms with Gasteiger partial charge in [-0.1, -0.05) is 29.3 Å². The summed E-state index contributed by atoms with van der Waals surface area (Å²) in [6.07, 6.45) is 5.81. The predicted molar refractivity (Wildman–Crippen MR) is 139 cm³/mol. The second kappa shape index (κ2) is 9.70. The molecule has 180 valence electrons. The molecule has 2 N–H and O–H groups in total. The number of anilines is 2. The molecular formula is C24H27Cl2N5O2S. The highest BCUT2D eigenvalue weighted by molar-refractivity contribution is 7.19. The summed E-state index contributed by atoms with van der Waals surface area (Å²) in [4.78, 5) is 27.7. The van der Waals surface area contributed by atoms with Crippen LogP contribution in [0.4, 0.5) is 11.5 Å². The van der Waals surface area contributed by atoms with E-state index in [0.717, 1.165) is 20.7 Å². The molecule has 1 aliphatic heterocycles. The van der Waals surface area contributed by atoms with E-state index < -0.39 is 0 Å². The van der Waals surface area contributed by atoms with E-state index in [-0.39, 0.29) is 27.2 Å². The molecule has 0 aliphatic carbocycles. The molecule has 0 spiro atoms. The predicted octanol–water partition coefficient (Wildman–Crippen LogP) is 5.62. The second-order valence-corrected chi connectivity index (χ2v) is 11.2. The summed E-state index contributed by atoms with van der Waals surface area (Å²) in [5, 5.41) is 14.5. The Morgan fingerprint density at radius 3 is 2.79 bits per heavy atom. The minimum Gasteiger partial charge on any atom is -0.506 e. The number of phenols is 1. The average Bonchev–Trinajstić information content (AvgIpc) is 3.15. The van der Waals surface area contributed by atoms with Gasteiger partial charge >= 0.3 is 0 Å². The Bertz CT molecular complexity index is 1250. The molecule has 1 amide bonds. The number of benzene rings is 1. The minimum atomic E-state index is -0.106. The zero-order valence-corrected chi connectivity index (χ0v) is 21.9. The average molecular weight is 520 g/mol. The molecular weight excluding hydrogens is 493 g/mol. The van der Waals surface area contributed by atoms with Crippen LogP contribution in [0, 0.1) is 0 Å². The fourth-order valence-corrected chi connectivity index (χ4v) is 5.21. The summed E-state index contributed by atoms with van der Waals surface area (Å²) >= 11 is 13.6. The number of nitrogens with zero attached hydrogens (tertiary/aromatic N) is 4. The number of thiophene rings is 1. The van der Waals surface area contributed by atoms with E-state index in [2.05, 4.69) is 41.0 Å². The number of amides is 1. The third-order valence-corrected chi connectivity index (χ3v) is 7.92. The normalized spacial score (nSPS) is 14.3. The fourth-order valence-electron chi connectivity index (χ4n) is 3.69. The first-order valence-electron chi connectivity index (χ1n) is 10.9. The van der Waals surface area contributed by atoms with E-state index in [9.17, 15) is 9.90 Å². The van der Waals surface area contributed by atoms with Crippen molar-refractivity contribution in [1.82, 2.24) is 19.8 Å². The molecule has 1 aliphatic rings. The highest BCUT2D eigenvalue weighted by Gasteiger charge is 2.26. The molecule has 2 aromatic heterocycles. The van der Waals surface area contributed by atoms with E-state index in [4.69, 9.17) is 23.2 Å². The Morgan fingerprint density at radius 2 is 2.09 bits per heavy atom. The number of aromatic hydroxyl groups is 1. The van der Waals surface area contributed by atoms with Crippen LogP contribution in [0.2, 0.25) is 10.0 Å². The third-order valence-electron chi connectivity index (χ3n) is 6.01. The summed E-state index contributed by atoms with van der Waals surface area (Å²) in [7, 11) is 2.05. The Balaban J connectivity index is 1.53. The van der Waals surface area contributed by atoms with Crippen molar-refractivity contribution in [3.8, 4) is 5.75 Å². The molecule has 0 bridgehead atoms. The molecule has 0 saturated heterocycles. The number of halogens is 2. The maximum absolute atomic E-state index is 12.8. The van der Waals surface area contributed by atoms with Crippen LogP contribution >= 0.6 is 34.5 Å². The van der Waals surface area contributed by atoms with Crippen molar-refractivity contribution in [2.45, 2.75) is 39.3 Å². The van der Waals surface area contributed by atoms with E-state index in [0.29, 0.717) is 37.6 Å². The van der Waals surface area contributed by atoms with Crippen LogP contribution in [0.3, 0.4) is 0 Å². The maximum atomic E-state index is 12.8. The molecule has 3 aromatic rings. The van der Waals surface area contributed by atoms with Gasteiger partial charge in [-0.25, -0.2) is 9.97 Å². The van der Waals surface area contributed by atoms with Gasteiger partial charge in [-0.05, 0) is 45.9 Å². The van der Waals surface area contributed by atoms with Crippen LogP contribution in [0.15, 0.2) is 30.6 Å². The third kappa shape index (κ3) is 5.15. The van der Waals surface area contributed by atoms with Crippen molar-refractivity contribution in [2.24, 2.45) is 0 Å². The first-order valence-corrected chi connectivity index (χ1v) is 12.5. The largest absolute Gasteiger partial charge is 0.506 e. The van der Waals surface area contributed by atoms with Crippen LogP contribution in [-0.2, 0) is 17.8 Å². The summed E-state index contributed by atoms with van der Waals surface area (Å²) in [5.41, 5.74) is 1.77. The Kier molecular flexibility index (Phi) is 7.05. The Morgan fingerprint density at radius 1 is 1.32 bits per heavy atom. The van der Waals surface area contributed by atoms with Gasteiger partial charge in [0.05, 0.1) is 17.0 Å². The smallest absolute Gasteiger partial charge is 0.246 e. The number of nitrogens with one attached hydrogen (secondary N) is 1. The zero-order chi connectivity index (χ0) is 24.6. The summed E-state index contributed by atoms with van der Waals surface area (Å²) in [6.45, 7) is 8.32. The lowest BCUT2D eigenvalue weighted by Gasteiger charge is -2.31. The lowest BCUT2D eigenvalue weighted by atomic mass is 10.0. The van der Waals surface area contributed by atoms with Crippen LogP contribution < -0.4 is 5.32 Å². The SMILES string of the molecule is CN(C/C=C/C(=O)N1CCc2c(sc3ncnc(Nc4cc(O)c(Cl)c(Cl)c4)c23)C1)C(C)(C)C. The maximum Gasteiger partial charge on any atom is 0.246 e. The van der Waals surface area contributed by atoms with E-state index in [1.54, 1.807) is 23.5 Å². The first kappa shape index (κ1) is 24.7. The van der Waals surface area contributed by atoms with E-state index in [1.807, 2.05) is 18.0 Å². The van der Waals surface area contributed by atoms with Crippen LogP contribution in [0.25, 0.3) is 10.2 Å². The quantitative estimate of drug-likeness (QED) is 0.425. The highest BCUT2D eigenvalue weighted by Crippen LogP contribution is 2.40. The highest BCUT2D eigenvalue weighted by atomic mass is 35.5. The van der Waals surface area contributed by atoms with Gasteiger partial charge in [0.25, 0.3) is 0 Å². The number of aromatic nitrogens is 2. The molecule has 0 saturated carbocycles. The number of hydrogen-bond acceptors (Lipinski definition) is 7. The fraction of sp³-hybridized carbons (Fsp3) is 0.375. The molecule has 34 heavy (non-hydrogen) atoms. The van der Waals surface area contributed by atoms with Gasteiger partial charge in [0.1, 0.15) is 27.7 Å². The summed E-state index contributed by atoms with van der Waals surface area (Å²) < 4.78 is 0. The summed E-state index contributed by atoms with van der Waals surface area (Å²) in [6, 6.07) is 3.14. The lowest BCUT2D eigenvalue weighted by Crippen LogP contribution is -2.38. The minimum absolute atomic E-state index is 0.0149. The number of rotatable bonds is 5. The van der Waals surface area contributed by atoms with Crippen molar-refractivity contribution in [2.75, 3.05) is 25.5 Å². The number of fused-ring (bicyclic) bond motifs is 3. The van der Waals surface area contributed by atoms with Crippen molar-refractivity contribution < 1.29 is 9.90 Å². The number of likely N-dealkylation sites (N-methyl/N-ethyl adjacent to an activating group) is 1. The molecule has 0 unspecified atom stereocenters. The van der Waals surface area contributed by atoms with Gasteiger partial charge in [-0.2, -0.15) is 0 Å². The molecule has 1 aromatic carbocycles. The van der Waals surface area contributed by atoms with Crippen molar-refractivity contribution >= 4 is 62.2 Å². The van der Waals surface area contributed by atoms with E-state index in [1.165, 1.54) is 12.4 Å². The molecule has 3 heterocycles. The van der Waals surface area contributed by atoms with Gasteiger partial charge < -0.3 is 15.3 Å². The molecule has 0 radical (unpaired) electrons. The number of carbonyl (C=O) groups excluding carboxylic acids is 1. The van der Waals surface area contributed by atoms with Gasteiger partial charge in [-0.15, -0.1) is 11.3 Å². The second-order valence-electron chi connectivity index (χ2n) is 9.29. The van der Waals surface area contributed by atoms with Gasteiger partial charge in [0.15, 0.2) is 0 Å². The van der Waals surface area contributed by atoms with Gasteiger partial charge in [-0.3, -0.25) is 9.69 Å². The Labute approximate surface area is 213 Å². The molecule has 7 nitrogen and oxygen atoms in total. The van der Waals surface area contributed by atoms with Crippen LogP contribution in [0.5, 0.6) is 5.75 Å². The Hall–Kier alpha value is -2.39. The lowest BCUT2D eigenvalue weighted by molar-refractivity contribution is -0.126. The van der Waals surface area contributed by atoms with E-state index >= 15 is 0 Å². The molecule has 0 atom stereocenters. The number of phenolic OH excluding ortho intramolecular Hbond substituents is 1. The molecule has 10 heteroatoms. The number of carbonyl (C=O) groups is 1. The monoisotopic (exact) mass is 519 g/mol. The topological polar surface area (TPSA) is 81.6 Å².